The summed E-state index contributed by atoms with van der Waals surface area (Å²) in [6.07, 6.45) is 0. The number of hydrogen-bond donors (Lipinski definition) is 0. The Morgan fingerprint density at radius 2 is 1.85 bits per heavy atom. The van der Waals surface area contributed by atoms with Crippen LogP contribution < -0.4 is 10.5 Å². The molecule has 4 nitrogen and oxygen atoms in total. The van der Waals surface area contributed by atoms with E-state index < -0.39 is 15.7 Å². The van der Waals surface area contributed by atoms with Gasteiger partial charge in [0.05, 0.1) is 12.0 Å². The quantitative estimate of drug-likeness (QED) is 0.721. The lowest BCUT2D eigenvalue weighted by Crippen LogP contribution is -2.06. The van der Waals surface area contributed by atoms with Crippen LogP contribution in [0.25, 0.3) is 0 Å². The minimum atomic E-state index is -3.41. The van der Waals surface area contributed by atoms with E-state index in [4.69, 9.17) is 10.5 Å². The van der Waals surface area contributed by atoms with Crippen LogP contribution in [0.4, 0.5) is 0 Å². The van der Waals surface area contributed by atoms with Gasteiger partial charge in [-0.2, -0.15) is 0 Å². The molecular formula is C8H10NO3S. The Bertz CT molecular complexity index is 369. The predicted octanol–water partition coefficient (Wildman–Crippen LogP) is 0.709. The Morgan fingerprint density at radius 1 is 1.31 bits per heavy atom. The number of rotatable bonds is 3. The molecule has 1 aromatic rings. The van der Waals surface area contributed by atoms with Crippen molar-refractivity contribution in [3.8, 4) is 5.75 Å². The summed E-state index contributed by atoms with van der Waals surface area (Å²) in [4.78, 5) is 0.156. The van der Waals surface area contributed by atoms with E-state index in [1.807, 2.05) is 0 Å². The van der Waals surface area contributed by atoms with Crippen molar-refractivity contribution in [3.05, 3.63) is 24.3 Å². The third-order valence-corrected chi connectivity index (χ3v) is 2.98. The highest BCUT2D eigenvalue weighted by Gasteiger charge is 2.11. The van der Waals surface area contributed by atoms with E-state index in [1.165, 1.54) is 19.2 Å². The normalized spacial score (nSPS) is 11.2. The molecule has 0 atom stereocenters. The molecule has 1 aromatic carbocycles. The minimum Gasteiger partial charge on any atom is -0.497 e. The minimum absolute atomic E-state index is 0.156. The number of sulfone groups is 1. The summed E-state index contributed by atoms with van der Waals surface area (Å²) in [5.74, 6) is -0.0248. The number of hydrogen-bond acceptors (Lipinski definition) is 3. The molecule has 0 unspecified atom stereocenters. The molecule has 0 amide bonds. The lowest BCUT2D eigenvalue weighted by atomic mass is 10.3. The molecule has 0 saturated heterocycles. The fraction of sp³-hybridized carbons (Fsp3) is 0.250. The standard InChI is InChI=1S/C8H10NO3S/c1-12-7-2-4-8(5-3-7)13(10,11)6-9/h2-5,9H,6H2,1H3. The van der Waals surface area contributed by atoms with Crippen molar-refractivity contribution >= 4 is 9.84 Å². The van der Waals surface area contributed by atoms with Gasteiger partial charge in [0.2, 0.25) is 0 Å². The summed E-state index contributed by atoms with van der Waals surface area (Å²) in [5, 5.41) is 0. The van der Waals surface area contributed by atoms with Crippen LogP contribution in [-0.2, 0) is 9.84 Å². The Kier molecular flexibility index (Phi) is 2.90. The predicted molar refractivity (Wildman–Crippen MR) is 48.1 cm³/mol. The van der Waals surface area contributed by atoms with Gasteiger partial charge in [-0.1, -0.05) is 0 Å². The Hall–Kier alpha value is -1.07. The lowest BCUT2D eigenvalue weighted by Gasteiger charge is -2.02. The van der Waals surface area contributed by atoms with Crippen LogP contribution in [0.1, 0.15) is 0 Å². The molecule has 0 heterocycles. The summed E-state index contributed by atoms with van der Waals surface area (Å²) in [5.41, 5.74) is 6.82. The first kappa shape index (κ1) is 10.0. The monoisotopic (exact) mass is 200 g/mol. The summed E-state index contributed by atoms with van der Waals surface area (Å²) in [6, 6.07) is 5.98. The fourth-order valence-corrected chi connectivity index (χ4v) is 1.58. The second kappa shape index (κ2) is 3.76. The summed E-state index contributed by atoms with van der Waals surface area (Å²) >= 11 is 0. The van der Waals surface area contributed by atoms with Gasteiger partial charge in [-0.05, 0) is 24.3 Å². The molecule has 0 spiro atoms. The average molecular weight is 200 g/mol. The Balaban J connectivity index is 3.06. The second-order valence-electron chi connectivity index (χ2n) is 2.43. The Morgan fingerprint density at radius 3 is 2.23 bits per heavy atom. The highest BCUT2D eigenvalue weighted by Crippen LogP contribution is 2.15. The van der Waals surface area contributed by atoms with E-state index >= 15 is 0 Å². The largest absolute Gasteiger partial charge is 0.497 e. The Labute approximate surface area is 77.2 Å². The molecule has 0 saturated carbocycles. The van der Waals surface area contributed by atoms with Crippen molar-refractivity contribution in [2.75, 3.05) is 13.0 Å². The van der Waals surface area contributed by atoms with Gasteiger partial charge in [0.1, 0.15) is 11.6 Å². The molecule has 1 N–H and O–H groups in total. The molecule has 0 aliphatic carbocycles. The third-order valence-electron chi connectivity index (χ3n) is 1.61. The zero-order valence-corrected chi connectivity index (χ0v) is 7.97. The van der Waals surface area contributed by atoms with Gasteiger partial charge in [-0.25, -0.2) is 14.2 Å². The average Bonchev–Trinajstić information content (AvgIpc) is 2.18. The lowest BCUT2D eigenvalue weighted by molar-refractivity contribution is 0.414. The zero-order valence-electron chi connectivity index (χ0n) is 7.15. The summed E-state index contributed by atoms with van der Waals surface area (Å²) in [6.45, 7) is 0. The second-order valence-corrected chi connectivity index (χ2v) is 4.42. The topological polar surface area (TPSA) is 67.2 Å². The van der Waals surface area contributed by atoms with Gasteiger partial charge in [0, 0.05) is 0 Å². The highest BCUT2D eigenvalue weighted by atomic mass is 32.2. The molecule has 0 aliphatic heterocycles. The molecular weight excluding hydrogens is 190 g/mol. The van der Waals surface area contributed by atoms with Crippen LogP contribution in [0, 0.1) is 0 Å². The molecule has 0 aromatic heterocycles. The van der Waals surface area contributed by atoms with E-state index in [0.717, 1.165) is 0 Å². The van der Waals surface area contributed by atoms with Gasteiger partial charge in [-0.15, -0.1) is 0 Å². The molecule has 0 bridgehead atoms. The fourth-order valence-electron chi connectivity index (χ4n) is 0.866. The van der Waals surface area contributed by atoms with Crippen molar-refractivity contribution in [1.82, 2.24) is 5.73 Å². The first-order valence-electron chi connectivity index (χ1n) is 3.61. The molecule has 5 heteroatoms. The van der Waals surface area contributed by atoms with Crippen LogP contribution in [0.3, 0.4) is 0 Å². The molecule has 0 aliphatic rings. The number of ether oxygens (including phenoxy) is 1. The van der Waals surface area contributed by atoms with Crippen LogP contribution >= 0.6 is 0 Å². The van der Waals surface area contributed by atoms with Crippen molar-refractivity contribution < 1.29 is 13.2 Å². The third kappa shape index (κ3) is 2.19. The van der Waals surface area contributed by atoms with Gasteiger partial charge < -0.3 is 4.74 Å². The van der Waals surface area contributed by atoms with E-state index in [2.05, 4.69) is 0 Å². The van der Waals surface area contributed by atoms with Gasteiger partial charge in [-0.3, -0.25) is 0 Å². The van der Waals surface area contributed by atoms with E-state index in [0.29, 0.717) is 5.75 Å². The van der Waals surface area contributed by atoms with Crippen LogP contribution in [-0.4, -0.2) is 21.4 Å². The van der Waals surface area contributed by atoms with Crippen molar-refractivity contribution in [3.63, 3.8) is 0 Å². The summed E-state index contributed by atoms with van der Waals surface area (Å²) in [7, 11) is -1.90. The maximum absolute atomic E-state index is 11.2. The van der Waals surface area contributed by atoms with Crippen molar-refractivity contribution in [2.45, 2.75) is 4.90 Å². The SMILES string of the molecule is COc1ccc(S(=O)(=O)C[NH])cc1. The molecule has 13 heavy (non-hydrogen) atoms. The number of methoxy groups -OCH3 is 1. The van der Waals surface area contributed by atoms with Crippen molar-refractivity contribution in [2.24, 2.45) is 0 Å². The maximum Gasteiger partial charge on any atom is 0.192 e. The van der Waals surface area contributed by atoms with Crippen LogP contribution in [0.2, 0.25) is 0 Å². The molecule has 0 fully saturated rings. The van der Waals surface area contributed by atoms with Crippen LogP contribution in [0.15, 0.2) is 29.2 Å². The molecule has 71 valence electrons. The summed E-state index contributed by atoms with van der Waals surface area (Å²) < 4.78 is 27.2. The van der Waals surface area contributed by atoms with E-state index in [1.54, 1.807) is 12.1 Å². The van der Waals surface area contributed by atoms with E-state index in [-0.39, 0.29) is 4.90 Å². The van der Waals surface area contributed by atoms with Gasteiger partial charge in [0.25, 0.3) is 0 Å². The first-order valence-corrected chi connectivity index (χ1v) is 5.27. The highest BCUT2D eigenvalue weighted by molar-refractivity contribution is 7.91. The van der Waals surface area contributed by atoms with Crippen LogP contribution in [0.5, 0.6) is 5.75 Å². The van der Waals surface area contributed by atoms with Gasteiger partial charge >= 0.3 is 0 Å². The number of nitrogens with one attached hydrogen (secondary N) is 1. The smallest absolute Gasteiger partial charge is 0.192 e. The molecule has 1 rings (SSSR count). The van der Waals surface area contributed by atoms with Crippen molar-refractivity contribution in [1.29, 1.82) is 0 Å². The van der Waals surface area contributed by atoms with E-state index in [9.17, 15) is 8.42 Å². The van der Waals surface area contributed by atoms with Gasteiger partial charge in [0.15, 0.2) is 9.84 Å². The molecule has 1 radical (unpaired) electrons. The number of benzene rings is 1. The maximum atomic E-state index is 11.2. The zero-order chi connectivity index (χ0) is 9.90. The first-order chi connectivity index (χ1) is 6.10.